The fourth-order valence-corrected chi connectivity index (χ4v) is 2.75. The first-order valence-corrected chi connectivity index (χ1v) is 6.61. The number of rotatable bonds is 4. The number of aliphatic hydroxyl groups is 1. The van der Waals surface area contributed by atoms with E-state index in [0.29, 0.717) is 6.04 Å². The van der Waals surface area contributed by atoms with Crippen LogP contribution in [-0.4, -0.2) is 27.7 Å². The highest BCUT2D eigenvalue weighted by Gasteiger charge is 2.37. The van der Waals surface area contributed by atoms with Crippen molar-refractivity contribution in [1.82, 2.24) is 14.9 Å². The average molecular weight is 237 g/mol. The van der Waals surface area contributed by atoms with Gasteiger partial charge < -0.3 is 15.0 Å². The SMILES string of the molecule is CCCn1ccnc1C1(O)CCC(NC)CC1. The predicted molar refractivity (Wildman–Crippen MR) is 67.7 cm³/mol. The molecule has 1 aromatic heterocycles. The molecule has 0 radical (unpaired) electrons. The van der Waals surface area contributed by atoms with Crippen molar-refractivity contribution in [2.24, 2.45) is 0 Å². The maximum Gasteiger partial charge on any atom is 0.140 e. The maximum atomic E-state index is 10.7. The third kappa shape index (κ3) is 2.53. The molecule has 0 aliphatic heterocycles. The molecule has 1 heterocycles. The van der Waals surface area contributed by atoms with Crippen LogP contribution >= 0.6 is 0 Å². The van der Waals surface area contributed by atoms with Gasteiger partial charge in [0.05, 0.1) is 0 Å². The molecular weight excluding hydrogens is 214 g/mol. The summed E-state index contributed by atoms with van der Waals surface area (Å²) >= 11 is 0. The van der Waals surface area contributed by atoms with Gasteiger partial charge in [-0.15, -0.1) is 0 Å². The van der Waals surface area contributed by atoms with Crippen molar-refractivity contribution >= 4 is 0 Å². The first-order chi connectivity index (χ1) is 8.19. The largest absolute Gasteiger partial charge is 0.382 e. The van der Waals surface area contributed by atoms with Crippen LogP contribution in [0.5, 0.6) is 0 Å². The summed E-state index contributed by atoms with van der Waals surface area (Å²) in [5.74, 6) is 0.855. The minimum absolute atomic E-state index is 0.546. The van der Waals surface area contributed by atoms with Gasteiger partial charge in [-0.2, -0.15) is 0 Å². The second kappa shape index (κ2) is 5.19. The van der Waals surface area contributed by atoms with E-state index in [1.165, 1.54) is 0 Å². The standard InChI is InChI=1S/C13H23N3O/c1-3-9-16-10-8-15-12(16)13(17)6-4-11(14-2)5-7-13/h8,10-11,14,17H,3-7,9H2,1-2H3. The van der Waals surface area contributed by atoms with Gasteiger partial charge >= 0.3 is 0 Å². The second-order valence-electron chi connectivity index (χ2n) is 5.04. The molecule has 1 saturated carbocycles. The summed E-state index contributed by atoms with van der Waals surface area (Å²) in [6, 6.07) is 0.546. The topological polar surface area (TPSA) is 50.1 Å². The average Bonchev–Trinajstić information content (AvgIpc) is 2.80. The van der Waals surface area contributed by atoms with E-state index in [1.807, 2.05) is 13.2 Å². The molecular formula is C13H23N3O. The Morgan fingerprint density at radius 3 is 2.82 bits per heavy atom. The molecule has 1 fully saturated rings. The lowest BCUT2D eigenvalue weighted by atomic mass is 9.81. The molecule has 2 N–H and O–H groups in total. The molecule has 1 aliphatic carbocycles. The smallest absolute Gasteiger partial charge is 0.140 e. The highest BCUT2D eigenvalue weighted by atomic mass is 16.3. The van der Waals surface area contributed by atoms with Gasteiger partial charge in [-0.3, -0.25) is 0 Å². The lowest BCUT2D eigenvalue weighted by Crippen LogP contribution is -2.40. The zero-order valence-corrected chi connectivity index (χ0v) is 10.8. The summed E-state index contributed by atoms with van der Waals surface area (Å²) in [6.45, 7) is 3.08. The van der Waals surface area contributed by atoms with Crippen LogP contribution in [0.15, 0.2) is 12.4 Å². The fourth-order valence-electron chi connectivity index (χ4n) is 2.75. The van der Waals surface area contributed by atoms with Crippen LogP contribution in [-0.2, 0) is 12.1 Å². The van der Waals surface area contributed by atoms with Crippen molar-refractivity contribution in [1.29, 1.82) is 0 Å². The molecule has 4 heteroatoms. The monoisotopic (exact) mass is 237 g/mol. The lowest BCUT2D eigenvalue weighted by Gasteiger charge is -2.35. The Labute approximate surface area is 103 Å². The number of imidazole rings is 1. The molecule has 1 aliphatic rings. The molecule has 0 spiro atoms. The minimum atomic E-state index is -0.716. The first kappa shape index (κ1) is 12.6. The molecule has 2 rings (SSSR count). The van der Waals surface area contributed by atoms with E-state index in [-0.39, 0.29) is 0 Å². The van der Waals surface area contributed by atoms with E-state index in [9.17, 15) is 5.11 Å². The van der Waals surface area contributed by atoms with Crippen molar-refractivity contribution in [2.75, 3.05) is 7.05 Å². The van der Waals surface area contributed by atoms with Gasteiger partial charge in [-0.1, -0.05) is 6.92 Å². The van der Waals surface area contributed by atoms with Crippen molar-refractivity contribution in [2.45, 2.75) is 57.2 Å². The quantitative estimate of drug-likeness (QED) is 0.837. The van der Waals surface area contributed by atoms with E-state index in [0.717, 1.165) is 44.5 Å². The third-order valence-corrected chi connectivity index (χ3v) is 3.82. The van der Waals surface area contributed by atoms with Crippen LogP contribution in [0.3, 0.4) is 0 Å². The predicted octanol–water partition coefficient (Wildman–Crippen LogP) is 1.64. The van der Waals surface area contributed by atoms with Crippen molar-refractivity contribution in [3.8, 4) is 0 Å². The zero-order chi connectivity index (χ0) is 12.3. The van der Waals surface area contributed by atoms with Gasteiger partial charge in [-0.25, -0.2) is 4.98 Å². The Balaban J connectivity index is 2.12. The molecule has 0 saturated heterocycles. The molecule has 4 nitrogen and oxygen atoms in total. The van der Waals surface area contributed by atoms with Gasteiger partial charge in [0.15, 0.2) is 0 Å². The molecule has 96 valence electrons. The second-order valence-corrected chi connectivity index (χ2v) is 5.04. The first-order valence-electron chi connectivity index (χ1n) is 6.61. The Bertz CT molecular complexity index is 353. The fraction of sp³-hybridized carbons (Fsp3) is 0.769. The number of hydrogen-bond donors (Lipinski definition) is 2. The van der Waals surface area contributed by atoms with Crippen LogP contribution in [0.25, 0.3) is 0 Å². The maximum absolute atomic E-state index is 10.7. The molecule has 0 aromatic carbocycles. The minimum Gasteiger partial charge on any atom is -0.382 e. The van der Waals surface area contributed by atoms with Crippen LogP contribution in [0.1, 0.15) is 44.9 Å². The van der Waals surface area contributed by atoms with Crippen LogP contribution in [0.4, 0.5) is 0 Å². The molecule has 1 aromatic rings. The van der Waals surface area contributed by atoms with Gasteiger partial charge in [-0.05, 0) is 39.2 Å². The molecule has 0 amide bonds. The number of aromatic nitrogens is 2. The number of nitrogens with zero attached hydrogens (tertiary/aromatic N) is 2. The van der Waals surface area contributed by atoms with Crippen LogP contribution < -0.4 is 5.32 Å². The summed E-state index contributed by atoms with van der Waals surface area (Å²) in [5, 5.41) is 14.0. The molecule has 0 unspecified atom stereocenters. The number of nitrogens with one attached hydrogen (secondary N) is 1. The third-order valence-electron chi connectivity index (χ3n) is 3.82. The van der Waals surface area contributed by atoms with Gasteiger partial charge in [0, 0.05) is 25.0 Å². The molecule has 17 heavy (non-hydrogen) atoms. The highest BCUT2D eigenvalue weighted by molar-refractivity contribution is 5.07. The lowest BCUT2D eigenvalue weighted by molar-refractivity contribution is -0.0185. The summed E-state index contributed by atoms with van der Waals surface area (Å²) in [7, 11) is 1.99. The Morgan fingerprint density at radius 1 is 1.53 bits per heavy atom. The van der Waals surface area contributed by atoms with E-state index >= 15 is 0 Å². The van der Waals surface area contributed by atoms with Crippen molar-refractivity contribution in [3.63, 3.8) is 0 Å². The van der Waals surface area contributed by atoms with E-state index in [2.05, 4.69) is 21.8 Å². The van der Waals surface area contributed by atoms with Crippen LogP contribution in [0, 0.1) is 0 Å². The van der Waals surface area contributed by atoms with Crippen LogP contribution in [0.2, 0.25) is 0 Å². The molecule has 0 bridgehead atoms. The normalized spacial score (nSPS) is 29.5. The van der Waals surface area contributed by atoms with Crippen molar-refractivity contribution < 1.29 is 5.11 Å². The van der Waals surface area contributed by atoms with E-state index in [1.54, 1.807) is 6.20 Å². The summed E-state index contributed by atoms with van der Waals surface area (Å²) in [4.78, 5) is 4.37. The Kier molecular flexibility index (Phi) is 3.84. The number of aryl methyl sites for hydroxylation is 1. The van der Waals surface area contributed by atoms with E-state index in [4.69, 9.17) is 0 Å². The van der Waals surface area contributed by atoms with Gasteiger partial charge in [0.25, 0.3) is 0 Å². The number of hydrogen-bond acceptors (Lipinski definition) is 3. The molecule has 0 atom stereocenters. The van der Waals surface area contributed by atoms with Gasteiger partial charge in [0.2, 0.25) is 0 Å². The highest BCUT2D eigenvalue weighted by Crippen LogP contribution is 2.36. The van der Waals surface area contributed by atoms with Gasteiger partial charge in [0.1, 0.15) is 11.4 Å². The zero-order valence-electron chi connectivity index (χ0n) is 10.8. The Hall–Kier alpha value is -0.870. The van der Waals surface area contributed by atoms with E-state index < -0.39 is 5.60 Å². The summed E-state index contributed by atoms with van der Waals surface area (Å²) < 4.78 is 2.10. The van der Waals surface area contributed by atoms with Crippen molar-refractivity contribution in [3.05, 3.63) is 18.2 Å². The summed E-state index contributed by atoms with van der Waals surface area (Å²) in [6.07, 6.45) is 8.49. The Morgan fingerprint density at radius 2 is 2.24 bits per heavy atom. The summed E-state index contributed by atoms with van der Waals surface area (Å²) in [5.41, 5.74) is -0.716.